The topological polar surface area (TPSA) is 70.7 Å². The standard InChI is InChI=1S/C18H20N4O/c1-18(2,3)17-21-10-12(11-22-17)9-20-14-5-4-13-6-7-19-16(23)15(13)8-14/h4-8,10-11,20H,9H2,1-3H3,(H,19,23). The number of rotatable bonds is 3. The summed E-state index contributed by atoms with van der Waals surface area (Å²) in [5.74, 6) is 0.832. The molecule has 5 nitrogen and oxygen atoms in total. The Morgan fingerprint density at radius 1 is 1.13 bits per heavy atom. The van der Waals surface area contributed by atoms with E-state index in [1.54, 1.807) is 6.20 Å². The summed E-state index contributed by atoms with van der Waals surface area (Å²) < 4.78 is 0. The molecule has 0 aliphatic rings. The van der Waals surface area contributed by atoms with Gasteiger partial charge in [0.2, 0.25) is 0 Å². The van der Waals surface area contributed by atoms with Gasteiger partial charge in [-0.3, -0.25) is 4.79 Å². The van der Waals surface area contributed by atoms with Crippen molar-refractivity contribution >= 4 is 16.5 Å². The summed E-state index contributed by atoms with van der Waals surface area (Å²) in [6.07, 6.45) is 5.34. The van der Waals surface area contributed by atoms with Gasteiger partial charge < -0.3 is 10.3 Å². The predicted octanol–water partition coefficient (Wildman–Crippen LogP) is 3.23. The van der Waals surface area contributed by atoms with Gasteiger partial charge in [-0.2, -0.15) is 0 Å². The molecule has 0 saturated carbocycles. The Kier molecular flexibility index (Phi) is 3.86. The van der Waals surface area contributed by atoms with Crippen LogP contribution in [0.25, 0.3) is 10.8 Å². The second-order valence-corrected chi connectivity index (χ2v) is 6.63. The van der Waals surface area contributed by atoms with E-state index in [4.69, 9.17) is 0 Å². The van der Waals surface area contributed by atoms with Crippen molar-refractivity contribution in [3.63, 3.8) is 0 Å². The highest BCUT2D eigenvalue weighted by Crippen LogP contribution is 2.18. The van der Waals surface area contributed by atoms with E-state index < -0.39 is 0 Å². The number of hydrogen-bond donors (Lipinski definition) is 2. The molecular weight excluding hydrogens is 288 g/mol. The van der Waals surface area contributed by atoms with Crippen molar-refractivity contribution < 1.29 is 0 Å². The highest BCUT2D eigenvalue weighted by atomic mass is 16.1. The molecule has 0 amide bonds. The van der Waals surface area contributed by atoms with Crippen LogP contribution in [0.2, 0.25) is 0 Å². The normalized spacial score (nSPS) is 11.6. The molecule has 23 heavy (non-hydrogen) atoms. The number of nitrogens with zero attached hydrogens (tertiary/aromatic N) is 2. The maximum atomic E-state index is 11.8. The number of H-pyrrole nitrogens is 1. The van der Waals surface area contributed by atoms with Gasteiger partial charge in [-0.15, -0.1) is 0 Å². The maximum Gasteiger partial charge on any atom is 0.255 e. The zero-order valence-corrected chi connectivity index (χ0v) is 13.6. The van der Waals surface area contributed by atoms with Gasteiger partial charge in [-0.1, -0.05) is 26.8 Å². The SMILES string of the molecule is CC(C)(C)c1ncc(CNc2ccc3cc[nH]c(=O)c3c2)cn1. The summed E-state index contributed by atoms with van der Waals surface area (Å²) in [7, 11) is 0. The summed E-state index contributed by atoms with van der Waals surface area (Å²) >= 11 is 0. The van der Waals surface area contributed by atoms with Gasteiger partial charge in [0.15, 0.2) is 0 Å². The van der Waals surface area contributed by atoms with Crippen molar-refractivity contribution in [3.8, 4) is 0 Å². The summed E-state index contributed by atoms with van der Waals surface area (Å²) in [4.78, 5) is 23.4. The highest BCUT2D eigenvalue weighted by Gasteiger charge is 2.16. The number of benzene rings is 1. The van der Waals surface area contributed by atoms with E-state index in [9.17, 15) is 4.79 Å². The van der Waals surface area contributed by atoms with Crippen LogP contribution in [0.5, 0.6) is 0 Å². The van der Waals surface area contributed by atoms with E-state index in [0.717, 1.165) is 22.5 Å². The molecule has 0 aliphatic carbocycles. The third-order valence-electron chi connectivity index (χ3n) is 3.65. The molecule has 3 rings (SSSR count). The van der Waals surface area contributed by atoms with Crippen molar-refractivity contribution in [1.29, 1.82) is 0 Å². The number of aromatic nitrogens is 3. The first kappa shape index (κ1) is 15.2. The second-order valence-electron chi connectivity index (χ2n) is 6.63. The number of nitrogens with one attached hydrogen (secondary N) is 2. The van der Waals surface area contributed by atoms with Crippen LogP contribution < -0.4 is 10.9 Å². The summed E-state index contributed by atoms with van der Waals surface area (Å²) in [5, 5.41) is 4.91. The maximum absolute atomic E-state index is 11.8. The van der Waals surface area contributed by atoms with Gasteiger partial charge in [0.1, 0.15) is 5.82 Å². The molecule has 0 saturated heterocycles. The quantitative estimate of drug-likeness (QED) is 0.779. The Hall–Kier alpha value is -2.69. The lowest BCUT2D eigenvalue weighted by molar-refractivity contribution is 0.544. The molecular formula is C18H20N4O. The molecule has 0 radical (unpaired) electrons. The summed E-state index contributed by atoms with van der Waals surface area (Å²) in [6, 6.07) is 7.65. The minimum Gasteiger partial charge on any atom is -0.381 e. The number of anilines is 1. The van der Waals surface area contributed by atoms with Gasteiger partial charge in [0, 0.05) is 47.2 Å². The molecule has 2 N–H and O–H groups in total. The first-order chi connectivity index (χ1) is 10.9. The fourth-order valence-corrected chi connectivity index (χ4v) is 2.33. The lowest BCUT2D eigenvalue weighted by Gasteiger charge is -2.16. The molecule has 0 unspecified atom stereocenters. The Balaban J connectivity index is 1.76. The van der Waals surface area contributed by atoms with Gasteiger partial charge >= 0.3 is 0 Å². The zero-order chi connectivity index (χ0) is 16.4. The number of fused-ring (bicyclic) bond motifs is 1. The first-order valence-electron chi connectivity index (χ1n) is 7.60. The van der Waals surface area contributed by atoms with Gasteiger partial charge in [-0.25, -0.2) is 9.97 Å². The average Bonchev–Trinajstić information content (AvgIpc) is 2.53. The van der Waals surface area contributed by atoms with Crippen molar-refractivity contribution in [2.24, 2.45) is 0 Å². The Labute approximate surface area is 134 Å². The fraction of sp³-hybridized carbons (Fsp3) is 0.278. The van der Waals surface area contributed by atoms with E-state index in [2.05, 4.69) is 41.0 Å². The molecule has 0 spiro atoms. The largest absolute Gasteiger partial charge is 0.381 e. The zero-order valence-electron chi connectivity index (χ0n) is 13.6. The van der Waals surface area contributed by atoms with E-state index in [-0.39, 0.29) is 11.0 Å². The monoisotopic (exact) mass is 308 g/mol. The van der Waals surface area contributed by atoms with Crippen LogP contribution in [0.1, 0.15) is 32.2 Å². The second kappa shape index (κ2) is 5.83. The summed E-state index contributed by atoms with van der Waals surface area (Å²) in [5.41, 5.74) is 1.77. The molecule has 118 valence electrons. The van der Waals surface area contributed by atoms with Crippen molar-refractivity contribution in [2.45, 2.75) is 32.7 Å². The average molecular weight is 308 g/mol. The number of hydrogen-bond acceptors (Lipinski definition) is 4. The molecule has 0 aliphatic heterocycles. The van der Waals surface area contributed by atoms with Crippen LogP contribution in [-0.4, -0.2) is 15.0 Å². The first-order valence-corrected chi connectivity index (χ1v) is 7.60. The number of aromatic amines is 1. The molecule has 5 heteroatoms. The lowest BCUT2D eigenvalue weighted by atomic mass is 9.96. The van der Waals surface area contributed by atoms with E-state index >= 15 is 0 Å². The molecule has 1 aromatic carbocycles. The minimum absolute atomic E-state index is 0.0503. The third-order valence-corrected chi connectivity index (χ3v) is 3.65. The minimum atomic E-state index is -0.0796. The van der Waals surface area contributed by atoms with Gasteiger partial charge in [0.25, 0.3) is 5.56 Å². The van der Waals surface area contributed by atoms with Gasteiger partial charge in [0.05, 0.1) is 0 Å². The van der Waals surface area contributed by atoms with E-state index in [0.29, 0.717) is 11.9 Å². The van der Waals surface area contributed by atoms with Crippen LogP contribution in [-0.2, 0) is 12.0 Å². The molecule has 2 heterocycles. The molecule has 0 fully saturated rings. The van der Waals surface area contributed by atoms with Crippen LogP contribution >= 0.6 is 0 Å². The molecule has 2 aromatic heterocycles. The van der Waals surface area contributed by atoms with Crippen LogP contribution in [0, 0.1) is 0 Å². The van der Waals surface area contributed by atoms with Crippen molar-refractivity contribution in [2.75, 3.05) is 5.32 Å². The number of pyridine rings is 1. The van der Waals surface area contributed by atoms with Crippen molar-refractivity contribution in [3.05, 3.63) is 64.6 Å². The van der Waals surface area contributed by atoms with Crippen molar-refractivity contribution in [1.82, 2.24) is 15.0 Å². The fourth-order valence-electron chi connectivity index (χ4n) is 2.33. The molecule has 3 aromatic rings. The highest BCUT2D eigenvalue weighted by molar-refractivity contribution is 5.84. The smallest absolute Gasteiger partial charge is 0.255 e. The van der Waals surface area contributed by atoms with Crippen LogP contribution in [0.4, 0.5) is 5.69 Å². The Bertz CT molecular complexity index is 876. The van der Waals surface area contributed by atoms with Crippen LogP contribution in [0.15, 0.2) is 47.7 Å². The lowest BCUT2D eigenvalue weighted by Crippen LogP contribution is -2.16. The van der Waals surface area contributed by atoms with Gasteiger partial charge in [-0.05, 0) is 23.6 Å². The Morgan fingerprint density at radius 2 is 1.87 bits per heavy atom. The van der Waals surface area contributed by atoms with E-state index in [1.807, 2.05) is 36.7 Å². The molecule has 0 atom stereocenters. The van der Waals surface area contributed by atoms with Crippen LogP contribution in [0.3, 0.4) is 0 Å². The molecule has 0 bridgehead atoms. The third kappa shape index (κ3) is 3.39. The summed E-state index contributed by atoms with van der Waals surface area (Å²) in [6.45, 7) is 6.88. The Morgan fingerprint density at radius 3 is 2.57 bits per heavy atom. The van der Waals surface area contributed by atoms with E-state index in [1.165, 1.54) is 0 Å². The predicted molar refractivity (Wildman–Crippen MR) is 92.6 cm³/mol.